The molecule has 1 fully saturated rings. The molecule has 1 amide bonds. The van der Waals surface area contributed by atoms with Crippen LogP contribution in [0.1, 0.15) is 27.7 Å². The largest absolute Gasteiger partial charge is 0.463 e. The van der Waals surface area contributed by atoms with Crippen molar-refractivity contribution < 1.29 is 38.1 Å². The van der Waals surface area contributed by atoms with E-state index in [0.29, 0.717) is 0 Å². The topological polar surface area (TPSA) is 166 Å². The van der Waals surface area contributed by atoms with Gasteiger partial charge in [0, 0.05) is 32.6 Å². The molecule has 12 heteroatoms. The molecule has 0 aromatic heterocycles. The highest BCUT2D eigenvalue weighted by Gasteiger charge is 2.50. The molecule has 1 N–H and O–H groups in total. The molecular formula is C14H20N4O8. The minimum Gasteiger partial charge on any atom is -0.463 e. The first-order valence-electron chi connectivity index (χ1n) is 7.60. The number of rotatable bonds is 6. The highest BCUT2D eigenvalue weighted by molar-refractivity contribution is 5.73. The number of esters is 3. The first-order valence-corrected chi connectivity index (χ1v) is 7.60. The predicted octanol–water partition coefficient (Wildman–Crippen LogP) is -0.0472. The van der Waals surface area contributed by atoms with Crippen LogP contribution in [0.15, 0.2) is 5.11 Å². The summed E-state index contributed by atoms with van der Waals surface area (Å²) in [7, 11) is 0. The SMILES string of the molecule is CC(=O)N[C@@H]1O[C@H](COC(C)=O)[C@@H](OC(C)=O)[C@H](N=[N+]=[N-])[C@H]1OC(C)=O. The van der Waals surface area contributed by atoms with Crippen molar-refractivity contribution in [2.75, 3.05) is 6.61 Å². The molecule has 1 aliphatic rings. The van der Waals surface area contributed by atoms with Gasteiger partial charge in [-0.05, 0) is 5.53 Å². The third-order valence-corrected chi connectivity index (χ3v) is 3.24. The smallest absolute Gasteiger partial charge is 0.303 e. The summed E-state index contributed by atoms with van der Waals surface area (Å²) in [5.74, 6) is -2.58. The molecule has 0 bridgehead atoms. The maximum atomic E-state index is 11.4. The third kappa shape index (κ3) is 6.22. The Morgan fingerprint density at radius 3 is 2.08 bits per heavy atom. The molecule has 12 nitrogen and oxygen atoms in total. The fourth-order valence-corrected chi connectivity index (χ4v) is 2.43. The first-order chi connectivity index (χ1) is 12.1. The van der Waals surface area contributed by atoms with Gasteiger partial charge in [-0.25, -0.2) is 0 Å². The molecule has 0 unspecified atom stereocenters. The molecule has 1 heterocycles. The normalized spacial score (nSPS) is 27.5. The van der Waals surface area contributed by atoms with E-state index in [9.17, 15) is 19.2 Å². The van der Waals surface area contributed by atoms with E-state index < -0.39 is 54.4 Å². The number of azide groups is 1. The minimum absolute atomic E-state index is 0.340. The number of hydrogen-bond acceptors (Lipinski definition) is 9. The zero-order chi connectivity index (χ0) is 19.9. The Labute approximate surface area is 148 Å². The lowest BCUT2D eigenvalue weighted by molar-refractivity contribution is -0.222. The molecule has 0 aliphatic carbocycles. The zero-order valence-electron chi connectivity index (χ0n) is 14.7. The Bertz CT molecular complexity index is 618. The quantitative estimate of drug-likeness (QED) is 0.223. The van der Waals surface area contributed by atoms with E-state index in [4.69, 9.17) is 24.5 Å². The molecule has 0 saturated carbocycles. The average Bonchev–Trinajstić information content (AvgIpc) is 2.50. The van der Waals surface area contributed by atoms with Gasteiger partial charge < -0.3 is 24.3 Å². The summed E-state index contributed by atoms with van der Waals surface area (Å²) in [5.41, 5.74) is 8.86. The lowest BCUT2D eigenvalue weighted by Gasteiger charge is -2.43. The van der Waals surface area contributed by atoms with Gasteiger partial charge in [-0.2, -0.15) is 0 Å². The predicted molar refractivity (Wildman–Crippen MR) is 83.2 cm³/mol. The second-order valence-corrected chi connectivity index (χ2v) is 5.44. The van der Waals surface area contributed by atoms with Crippen LogP contribution in [0.4, 0.5) is 0 Å². The van der Waals surface area contributed by atoms with Crippen molar-refractivity contribution in [2.24, 2.45) is 5.11 Å². The van der Waals surface area contributed by atoms with E-state index in [0.717, 1.165) is 13.8 Å². The van der Waals surface area contributed by atoms with E-state index in [1.807, 2.05) is 0 Å². The highest BCUT2D eigenvalue weighted by Crippen LogP contribution is 2.28. The molecule has 5 atom stereocenters. The molecule has 0 aromatic carbocycles. The van der Waals surface area contributed by atoms with Gasteiger partial charge in [-0.15, -0.1) is 0 Å². The van der Waals surface area contributed by atoms with Gasteiger partial charge in [-0.3, -0.25) is 19.2 Å². The summed E-state index contributed by atoms with van der Waals surface area (Å²) < 4.78 is 20.7. The van der Waals surface area contributed by atoms with E-state index in [1.54, 1.807) is 0 Å². The molecule has 0 aromatic rings. The number of carbonyl (C=O) groups excluding carboxylic acids is 4. The average molecular weight is 372 g/mol. The summed E-state index contributed by atoms with van der Waals surface area (Å²) in [5, 5.41) is 5.96. The van der Waals surface area contributed by atoms with Crippen LogP contribution in [-0.4, -0.2) is 61.0 Å². The van der Waals surface area contributed by atoms with Crippen molar-refractivity contribution in [3.05, 3.63) is 10.4 Å². The summed E-state index contributed by atoms with van der Waals surface area (Å²) in [6.45, 7) is 4.27. The molecule has 26 heavy (non-hydrogen) atoms. The number of ether oxygens (including phenoxy) is 4. The lowest BCUT2D eigenvalue weighted by Crippen LogP contribution is -2.64. The zero-order valence-corrected chi connectivity index (χ0v) is 14.7. The van der Waals surface area contributed by atoms with Crippen molar-refractivity contribution in [2.45, 2.75) is 58.3 Å². The van der Waals surface area contributed by atoms with Gasteiger partial charge in [0.25, 0.3) is 0 Å². The molecular weight excluding hydrogens is 352 g/mol. The molecule has 144 valence electrons. The Balaban J connectivity index is 3.27. The summed E-state index contributed by atoms with van der Waals surface area (Å²) in [6.07, 6.45) is -4.75. The van der Waals surface area contributed by atoms with Crippen molar-refractivity contribution in [1.82, 2.24) is 5.32 Å². The van der Waals surface area contributed by atoms with Crippen LogP contribution in [0.25, 0.3) is 10.4 Å². The molecule has 0 spiro atoms. The summed E-state index contributed by atoms with van der Waals surface area (Å²) in [6, 6.07) is -1.22. The number of nitrogens with zero attached hydrogens (tertiary/aromatic N) is 3. The van der Waals surface area contributed by atoms with E-state index in [2.05, 4.69) is 15.3 Å². The molecule has 0 radical (unpaired) electrons. The van der Waals surface area contributed by atoms with Crippen LogP contribution >= 0.6 is 0 Å². The van der Waals surface area contributed by atoms with Crippen LogP contribution in [0.5, 0.6) is 0 Å². The highest BCUT2D eigenvalue weighted by atomic mass is 16.6. The van der Waals surface area contributed by atoms with Crippen LogP contribution in [0, 0.1) is 0 Å². The maximum absolute atomic E-state index is 11.4. The van der Waals surface area contributed by atoms with Crippen molar-refractivity contribution in [3.8, 4) is 0 Å². The maximum Gasteiger partial charge on any atom is 0.303 e. The molecule has 1 saturated heterocycles. The van der Waals surface area contributed by atoms with Gasteiger partial charge in [0.1, 0.15) is 24.9 Å². The number of hydrogen-bond donors (Lipinski definition) is 1. The standard InChI is InChI=1S/C14H20N4O8/c1-6(19)16-14-13(25-9(4)22)11(17-18-15)12(24-8(3)21)10(26-14)5-23-7(2)20/h10-14H,5H2,1-4H3,(H,16,19)/t10-,11+,12-,13-,14-/m1/s1. The van der Waals surface area contributed by atoms with Gasteiger partial charge >= 0.3 is 17.9 Å². The second-order valence-electron chi connectivity index (χ2n) is 5.44. The van der Waals surface area contributed by atoms with Gasteiger partial charge in [0.05, 0.1) is 0 Å². The molecule has 1 aliphatic heterocycles. The van der Waals surface area contributed by atoms with Gasteiger partial charge in [-0.1, -0.05) is 5.11 Å². The van der Waals surface area contributed by atoms with Crippen molar-refractivity contribution in [1.29, 1.82) is 0 Å². The second kappa shape index (κ2) is 9.59. The fourth-order valence-electron chi connectivity index (χ4n) is 2.43. The number of carbonyl (C=O) groups is 4. The van der Waals surface area contributed by atoms with E-state index in [-0.39, 0.29) is 6.61 Å². The van der Waals surface area contributed by atoms with Crippen LogP contribution < -0.4 is 5.32 Å². The van der Waals surface area contributed by atoms with Gasteiger partial charge in [0.2, 0.25) is 5.91 Å². The number of nitrogens with one attached hydrogen (secondary N) is 1. The van der Waals surface area contributed by atoms with Crippen LogP contribution in [0.2, 0.25) is 0 Å². The summed E-state index contributed by atoms with van der Waals surface area (Å²) >= 11 is 0. The Kier molecular flexibility index (Phi) is 7.81. The fraction of sp³-hybridized carbons (Fsp3) is 0.714. The lowest BCUT2D eigenvalue weighted by atomic mass is 9.95. The van der Waals surface area contributed by atoms with Gasteiger partial charge in [0.15, 0.2) is 12.3 Å². The first kappa shape index (κ1) is 21.2. The number of amides is 1. The van der Waals surface area contributed by atoms with E-state index >= 15 is 0 Å². The van der Waals surface area contributed by atoms with Crippen molar-refractivity contribution in [3.63, 3.8) is 0 Å². The Morgan fingerprint density at radius 2 is 1.62 bits per heavy atom. The van der Waals surface area contributed by atoms with Crippen LogP contribution in [0.3, 0.4) is 0 Å². The molecule has 1 rings (SSSR count). The Morgan fingerprint density at radius 1 is 1.04 bits per heavy atom. The van der Waals surface area contributed by atoms with Crippen molar-refractivity contribution >= 4 is 23.8 Å². The van der Waals surface area contributed by atoms with E-state index in [1.165, 1.54) is 13.8 Å². The monoisotopic (exact) mass is 372 g/mol. The summed E-state index contributed by atoms with van der Waals surface area (Å²) in [4.78, 5) is 48.1. The minimum atomic E-state index is -1.26. The Hall–Kier alpha value is -2.85. The third-order valence-electron chi connectivity index (χ3n) is 3.24. The van der Waals surface area contributed by atoms with Crippen LogP contribution in [-0.2, 0) is 38.1 Å².